The molecule has 0 aliphatic rings. The molecule has 0 unspecified atom stereocenters. The van der Waals surface area contributed by atoms with Gasteiger partial charge in [-0.15, -0.1) is 0 Å². The van der Waals surface area contributed by atoms with Gasteiger partial charge in [-0.05, 0) is 41.5 Å². The van der Waals surface area contributed by atoms with Crippen molar-refractivity contribution in [3.8, 4) is 0 Å². The molecule has 0 spiro atoms. The lowest BCUT2D eigenvalue weighted by atomic mass is 10.1. The normalized spacial score (nSPS) is 12.0. The van der Waals surface area contributed by atoms with Crippen LogP contribution in [0.5, 0.6) is 0 Å². The Morgan fingerprint density at radius 3 is 1.19 bits per heavy atom. The van der Waals surface area contributed by atoms with Crippen molar-refractivity contribution in [2.45, 2.75) is 52.7 Å². The van der Waals surface area contributed by atoms with Gasteiger partial charge in [-0.1, -0.05) is 0 Å². The summed E-state index contributed by atoms with van der Waals surface area (Å²) < 4.78 is 10.3. The minimum atomic E-state index is -0.0156. The van der Waals surface area contributed by atoms with Crippen molar-refractivity contribution in [3.63, 3.8) is 0 Å². The summed E-state index contributed by atoms with van der Waals surface area (Å²) in [4.78, 5) is 0. The summed E-state index contributed by atoms with van der Waals surface area (Å²) in [5, 5.41) is 16.2. The molecular formula is C12H28O4. The van der Waals surface area contributed by atoms with Crippen molar-refractivity contribution in [1.29, 1.82) is 0 Å². The molecule has 4 heteroatoms. The summed E-state index contributed by atoms with van der Waals surface area (Å²) in [6, 6.07) is 0. The van der Waals surface area contributed by atoms with Gasteiger partial charge in [0.05, 0.1) is 37.6 Å². The molecule has 0 rings (SSSR count). The fraction of sp³-hybridized carbons (Fsp3) is 1.00. The molecule has 0 amide bonds. The summed E-state index contributed by atoms with van der Waals surface area (Å²) >= 11 is 0. The third-order valence-corrected chi connectivity index (χ3v) is 1.08. The number of hydrogen-bond acceptors (Lipinski definition) is 4. The van der Waals surface area contributed by atoms with E-state index in [0.717, 1.165) is 0 Å². The third kappa shape index (κ3) is 23.6. The van der Waals surface area contributed by atoms with E-state index in [1.54, 1.807) is 0 Å². The number of hydrogen-bond donors (Lipinski definition) is 2. The van der Waals surface area contributed by atoms with Gasteiger partial charge in [0.25, 0.3) is 0 Å². The monoisotopic (exact) mass is 236 g/mol. The first kappa shape index (κ1) is 18.2. The van der Waals surface area contributed by atoms with Crippen LogP contribution in [0.25, 0.3) is 0 Å². The standard InChI is InChI=1S/C8H18O.C4H10O3/c1-7(2,3)9-8(4,5)6;5-1-3-7-4-2-6/h1-6H3;5-6H,1-4H2. The first-order valence-corrected chi connectivity index (χ1v) is 5.62. The van der Waals surface area contributed by atoms with Crippen LogP contribution in [-0.2, 0) is 9.47 Å². The average Bonchev–Trinajstić information content (AvgIpc) is 1.99. The van der Waals surface area contributed by atoms with Crippen molar-refractivity contribution < 1.29 is 19.7 Å². The lowest BCUT2D eigenvalue weighted by molar-refractivity contribution is -0.102. The summed E-state index contributed by atoms with van der Waals surface area (Å²) in [6.45, 7) is 13.1. The van der Waals surface area contributed by atoms with Crippen LogP contribution in [-0.4, -0.2) is 47.8 Å². The van der Waals surface area contributed by atoms with E-state index in [-0.39, 0.29) is 24.4 Å². The minimum Gasteiger partial charge on any atom is -0.394 e. The molecule has 100 valence electrons. The molecule has 2 N–H and O–H groups in total. The molecule has 0 aromatic carbocycles. The van der Waals surface area contributed by atoms with Crippen molar-refractivity contribution in [3.05, 3.63) is 0 Å². The fourth-order valence-electron chi connectivity index (χ4n) is 1.15. The minimum absolute atomic E-state index is 0.0156. The van der Waals surface area contributed by atoms with Crippen LogP contribution in [0.4, 0.5) is 0 Å². The zero-order valence-electron chi connectivity index (χ0n) is 11.5. The highest BCUT2D eigenvalue weighted by Gasteiger charge is 2.19. The van der Waals surface area contributed by atoms with E-state index >= 15 is 0 Å². The number of aliphatic hydroxyl groups excluding tert-OH is 2. The Labute approximate surface area is 99.6 Å². The summed E-state index contributed by atoms with van der Waals surface area (Å²) in [7, 11) is 0. The quantitative estimate of drug-likeness (QED) is 0.728. The van der Waals surface area contributed by atoms with E-state index < -0.39 is 0 Å². The summed E-state index contributed by atoms with van der Waals surface area (Å²) in [5.41, 5.74) is -0.0312. The van der Waals surface area contributed by atoms with Crippen LogP contribution < -0.4 is 0 Å². The summed E-state index contributed by atoms with van der Waals surface area (Å²) in [5.74, 6) is 0. The van der Waals surface area contributed by atoms with Crippen LogP contribution in [0.15, 0.2) is 0 Å². The number of ether oxygens (including phenoxy) is 2. The number of rotatable bonds is 4. The molecule has 0 fully saturated rings. The van der Waals surface area contributed by atoms with Crippen LogP contribution in [0.3, 0.4) is 0 Å². The second-order valence-corrected chi connectivity index (χ2v) is 5.39. The molecule has 4 nitrogen and oxygen atoms in total. The van der Waals surface area contributed by atoms with Crippen LogP contribution in [0.2, 0.25) is 0 Å². The van der Waals surface area contributed by atoms with E-state index in [2.05, 4.69) is 46.3 Å². The van der Waals surface area contributed by atoms with Gasteiger partial charge in [-0.3, -0.25) is 0 Å². The second kappa shape index (κ2) is 8.93. The molecule has 0 saturated carbocycles. The summed E-state index contributed by atoms with van der Waals surface area (Å²) in [6.07, 6.45) is 0. The molecule has 0 aromatic heterocycles. The molecule has 0 aliphatic heterocycles. The first-order valence-electron chi connectivity index (χ1n) is 5.62. The Bertz CT molecular complexity index is 128. The van der Waals surface area contributed by atoms with E-state index in [0.29, 0.717) is 13.2 Å². The Hall–Kier alpha value is -0.160. The zero-order chi connectivity index (χ0) is 13.2. The third-order valence-electron chi connectivity index (χ3n) is 1.08. The highest BCUT2D eigenvalue weighted by Crippen LogP contribution is 2.17. The first-order chi connectivity index (χ1) is 7.12. The van der Waals surface area contributed by atoms with Gasteiger partial charge in [0.15, 0.2) is 0 Å². The average molecular weight is 236 g/mol. The maximum absolute atomic E-state index is 8.09. The molecule has 0 bridgehead atoms. The molecule has 16 heavy (non-hydrogen) atoms. The zero-order valence-corrected chi connectivity index (χ0v) is 11.5. The highest BCUT2D eigenvalue weighted by molar-refractivity contribution is 4.68. The number of aliphatic hydroxyl groups is 2. The molecule has 0 aliphatic carbocycles. The molecular weight excluding hydrogens is 208 g/mol. The predicted molar refractivity (Wildman–Crippen MR) is 65.6 cm³/mol. The predicted octanol–water partition coefficient (Wildman–Crippen LogP) is 1.59. The molecule has 0 aromatic rings. The topological polar surface area (TPSA) is 58.9 Å². The van der Waals surface area contributed by atoms with E-state index in [1.165, 1.54) is 0 Å². The smallest absolute Gasteiger partial charge is 0.0698 e. The van der Waals surface area contributed by atoms with Crippen molar-refractivity contribution in [2.75, 3.05) is 26.4 Å². The van der Waals surface area contributed by atoms with Gasteiger partial charge >= 0.3 is 0 Å². The van der Waals surface area contributed by atoms with Crippen LogP contribution in [0.1, 0.15) is 41.5 Å². The fourth-order valence-corrected chi connectivity index (χ4v) is 1.15. The van der Waals surface area contributed by atoms with E-state index in [9.17, 15) is 0 Å². The van der Waals surface area contributed by atoms with Gasteiger partial charge in [-0.2, -0.15) is 0 Å². The Morgan fingerprint density at radius 1 is 0.750 bits per heavy atom. The van der Waals surface area contributed by atoms with Crippen LogP contribution >= 0.6 is 0 Å². The molecule has 0 radical (unpaired) electrons. The van der Waals surface area contributed by atoms with Crippen molar-refractivity contribution >= 4 is 0 Å². The van der Waals surface area contributed by atoms with Gasteiger partial charge in [0.1, 0.15) is 0 Å². The van der Waals surface area contributed by atoms with Gasteiger partial charge in [-0.25, -0.2) is 0 Å². The largest absolute Gasteiger partial charge is 0.394 e. The van der Waals surface area contributed by atoms with Gasteiger partial charge < -0.3 is 19.7 Å². The highest BCUT2D eigenvalue weighted by atomic mass is 16.5. The maximum Gasteiger partial charge on any atom is 0.0698 e. The second-order valence-electron chi connectivity index (χ2n) is 5.39. The van der Waals surface area contributed by atoms with E-state index in [4.69, 9.17) is 14.9 Å². The van der Waals surface area contributed by atoms with E-state index in [1.807, 2.05) is 0 Å². The Balaban J connectivity index is 0. The maximum atomic E-state index is 8.09. The molecule has 0 saturated heterocycles. The SMILES string of the molecule is CC(C)(C)OC(C)(C)C.OCCOCCO. The molecule has 0 atom stereocenters. The Morgan fingerprint density at radius 2 is 1.06 bits per heavy atom. The Kier molecular flexibility index (Phi) is 10.2. The molecule has 0 heterocycles. The van der Waals surface area contributed by atoms with Gasteiger partial charge in [0.2, 0.25) is 0 Å². The van der Waals surface area contributed by atoms with Crippen LogP contribution in [0, 0.1) is 0 Å². The van der Waals surface area contributed by atoms with Gasteiger partial charge in [0, 0.05) is 0 Å². The lowest BCUT2D eigenvalue weighted by Crippen LogP contribution is -2.31. The van der Waals surface area contributed by atoms with Crippen molar-refractivity contribution in [2.24, 2.45) is 0 Å². The van der Waals surface area contributed by atoms with Crippen molar-refractivity contribution in [1.82, 2.24) is 0 Å². The lowest BCUT2D eigenvalue weighted by Gasteiger charge is -2.30.